The normalized spacial score (nSPS) is 24.7. The minimum Gasteiger partial charge on any atom is -0.507 e. The van der Waals surface area contributed by atoms with Gasteiger partial charge in [-0.1, -0.05) is 6.42 Å². The molecule has 36 heavy (non-hydrogen) atoms. The molecule has 12 heteroatoms. The lowest BCUT2D eigenvalue weighted by Crippen LogP contribution is -2.62. The van der Waals surface area contributed by atoms with E-state index in [1.165, 1.54) is 6.07 Å². The summed E-state index contributed by atoms with van der Waals surface area (Å²) in [5.41, 5.74) is -0.287. The van der Waals surface area contributed by atoms with Gasteiger partial charge in [-0.25, -0.2) is 9.37 Å². The van der Waals surface area contributed by atoms with Gasteiger partial charge in [0.2, 0.25) is 0 Å². The summed E-state index contributed by atoms with van der Waals surface area (Å²) in [6, 6.07) is 5.66. The molecule has 5 rings (SSSR count). The van der Waals surface area contributed by atoms with Crippen molar-refractivity contribution in [2.45, 2.75) is 62.7 Å². The number of anilines is 1. The third kappa shape index (κ3) is 4.38. The van der Waals surface area contributed by atoms with E-state index in [2.05, 4.69) is 20.1 Å². The van der Waals surface area contributed by atoms with Gasteiger partial charge in [0, 0.05) is 24.7 Å². The van der Waals surface area contributed by atoms with Crippen molar-refractivity contribution in [2.24, 2.45) is 0 Å². The summed E-state index contributed by atoms with van der Waals surface area (Å²) >= 11 is 0. The van der Waals surface area contributed by atoms with E-state index >= 15 is 4.39 Å². The number of fused-ring (bicyclic) bond motifs is 3. The molecule has 2 aliphatic rings. The molecular weight excluding hydrogens is 480 g/mol. The smallest absolute Gasteiger partial charge is 0.406 e. The zero-order valence-electron chi connectivity index (χ0n) is 19.8. The fourth-order valence-corrected chi connectivity index (χ4v) is 5.48. The van der Waals surface area contributed by atoms with E-state index in [4.69, 9.17) is 0 Å². The molecule has 2 aromatic heterocycles. The second-order valence-electron chi connectivity index (χ2n) is 9.63. The van der Waals surface area contributed by atoms with Crippen LogP contribution in [0.4, 0.5) is 23.4 Å². The average Bonchev–Trinajstić information content (AvgIpc) is 2.82. The van der Waals surface area contributed by atoms with Gasteiger partial charge in [0.05, 0.1) is 29.0 Å². The molecule has 1 aromatic carbocycles. The number of aromatic hydroxyl groups is 1. The lowest BCUT2D eigenvalue weighted by molar-refractivity contribution is -0.141. The zero-order chi connectivity index (χ0) is 25.8. The minimum atomic E-state index is -4.58. The minimum absolute atomic E-state index is 0.111. The van der Waals surface area contributed by atoms with Gasteiger partial charge in [-0.15, -0.1) is 10.2 Å². The number of alkyl halides is 4. The Bertz CT molecular complexity index is 1330. The highest BCUT2D eigenvalue weighted by Crippen LogP contribution is 2.37. The SMILES string of the molecule is CN(c1ccc(-c2cc3ncn(CC(F)(F)F)c(=O)c3cc2O)nn1)[C@@H]1C[C@H]2CCC[C@@H]([C@@H]1F)N2C. The fraction of sp³-hybridized carbons (Fsp3) is 0.500. The van der Waals surface area contributed by atoms with Gasteiger partial charge < -0.3 is 10.0 Å². The van der Waals surface area contributed by atoms with E-state index in [1.807, 2.05) is 11.9 Å². The third-order valence-electron chi connectivity index (χ3n) is 7.46. The van der Waals surface area contributed by atoms with Gasteiger partial charge in [-0.2, -0.15) is 13.2 Å². The number of hydrogen-bond donors (Lipinski definition) is 1. The van der Waals surface area contributed by atoms with Crippen LogP contribution in [0.15, 0.2) is 35.4 Å². The summed E-state index contributed by atoms with van der Waals surface area (Å²) in [7, 11) is 3.79. The van der Waals surface area contributed by atoms with Gasteiger partial charge >= 0.3 is 6.18 Å². The van der Waals surface area contributed by atoms with Crippen molar-refractivity contribution < 1.29 is 22.7 Å². The molecule has 4 atom stereocenters. The molecule has 0 unspecified atom stereocenters. The summed E-state index contributed by atoms with van der Waals surface area (Å²) in [5, 5.41) is 18.8. The summed E-state index contributed by atoms with van der Waals surface area (Å²) in [5.74, 6) is 0.149. The Kier molecular flexibility index (Phi) is 6.09. The first-order valence-corrected chi connectivity index (χ1v) is 11.8. The van der Waals surface area contributed by atoms with Crippen LogP contribution in [0.1, 0.15) is 25.7 Å². The molecule has 0 spiro atoms. The van der Waals surface area contributed by atoms with Crippen LogP contribution in [-0.2, 0) is 6.54 Å². The van der Waals surface area contributed by atoms with Gasteiger partial charge in [-0.3, -0.25) is 14.3 Å². The summed E-state index contributed by atoms with van der Waals surface area (Å²) in [6.45, 7) is -1.48. The summed E-state index contributed by atoms with van der Waals surface area (Å²) in [4.78, 5) is 20.4. The number of piperidine rings is 2. The van der Waals surface area contributed by atoms with Gasteiger partial charge in [0.1, 0.15) is 18.5 Å². The maximum atomic E-state index is 15.3. The number of hydrogen-bond acceptors (Lipinski definition) is 7. The lowest BCUT2D eigenvalue weighted by Gasteiger charge is -2.51. The van der Waals surface area contributed by atoms with Crippen molar-refractivity contribution in [3.63, 3.8) is 0 Å². The van der Waals surface area contributed by atoms with Crippen molar-refractivity contribution in [1.82, 2.24) is 24.6 Å². The second kappa shape index (κ2) is 8.99. The van der Waals surface area contributed by atoms with Crippen molar-refractivity contribution in [3.05, 3.63) is 40.9 Å². The number of nitrogens with zero attached hydrogens (tertiary/aromatic N) is 6. The monoisotopic (exact) mass is 506 g/mol. The van der Waals surface area contributed by atoms with Crippen LogP contribution in [0.2, 0.25) is 0 Å². The first-order chi connectivity index (χ1) is 17.0. The summed E-state index contributed by atoms with van der Waals surface area (Å²) in [6.07, 6.45) is -1.17. The van der Waals surface area contributed by atoms with E-state index in [9.17, 15) is 23.1 Å². The van der Waals surface area contributed by atoms with E-state index in [1.54, 1.807) is 19.2 Å². The Balaban J connectivity index is 1.41. The molecule has 0 aliphatic carbocycles. The first-order valence-electron chi connectivity index (χ1n) is 11.8. The highest BCUT2D eigenvalue weighted by atomic mass is 19.4. The molecular formula is C24H26F4N6O2. The Labute approximate surface area is 204 Å². The van der Waals surface area contributed by atoms with E-state index < -0.39 is 24.5 Å². The highest BCUT2D eigenvalue weighted by molar-refractivity contribution is 5.86. The average molecular weight is 507 g/mol. The molecule has 4 heterocycles. The van der Waals surface area contributed by atoms with Crippen LogP contribution in [0, 0.1) is 0 Å². The lowest BCUT2D eigenvalue weighted by atomic mass is 9.80. The van der Waals surface area contributed by atoms with Crippen LogP contribution >= 0.6 is 0 Å². The quantitative estimate of drug-likeness (QED) is 0.542. The van der Waals surface area contributed by atoms with Crippen molar-refractivity contribution in [1.29, 1.82) is 0 Å². The molecule has 0 saturated carbocycles. The topological polar surface area (TPSA) is 87.4 Å². The molecule has 2 saturated heterocycles. The molecule has 8 nitrogen and oxygen atoms in total. The second-order valence-corrected chi connectivity index (χ2v) is 9.63. The van der Waals surface area contributed by atoms with Gasteiger partial charge in [0.15, 0.2) is 5.82 Å². The van der Waals surface area contributed by atoms with Crippen molar-refractivity contribution in [3.8, 4) is 17.0 Å². The first kappa shape index (κ1) is 24.4. The molecule has 0 amide bonds. The van der Waals surface area contributed by atoms with Crippen molar-refractivity contribution in [2.75, 3.05) is 19.0 Å². The number of rotatable bonds is 4. The largest absolute Gasteiger partial charge is 0.507 e. The predicted molar refractivity (Wildman–Crippen MR) is 126 cm³/mol. The standard InChI is InChI=1S/C24H26F4N6O2/c1-32-13-4-3-5-18(32)22(25)19(8-13)33(2)21-7-6-16(30-31-21)14-9-17-15(10-20(14)35)23(36)34(12-29-17)11-24(26,27)28/h6-7,9-10,12-13,18-19,22,35H,3-5,8,11H2,1-2H3/t13-,18+,19-,22+/m1/s1. The van der Waals surface area contributed by atoms with Crippen LogP contribution in [0.3, 0.4) is 0 Å². The van der Waals surface area contributed by atoms with Crippen LogP contribution in [0.5, 0.6) is 5.75 Å². The number of aromatic nitrogens is 4. The Morgan fingerprint density at radius 2 is 1.97 bits per heavy atom. The molecule has 0 radical (unpaired) electrons. The Morgan fingerprint density at radius 1 is 1.19 bits per heavy atom. The van der Waals surface area contributed by atoms with Gasteiger partial charge in [0.25, 0.3) is 5.56 Å². The van der Waals surface area contributed by atoms with Crippen LogP contribution < -0.4 is 10.5 Å². The molecule has 192 valence electrons. The maximum absolute atomic E-state index is 15.3. The van der Waals surface area contributed by atoms with E-state index in [-0.39, 0.29) is 40.0 Å². The number of benzene rings is 1. The number of phenols is 1. The zero-order valence-corrected chi connectivity index (χ0v) is 19.8. The third-order valence-corrected chi connectivity index (χ3v) is 7.46. The molecule has 1 N–H and O–H groups in total. The summed E-state index contributed by atoms with van der Waals surface area (Å²) < 4.78 is 53.9. The molecule has 3 aromatic rings. The van der Waals surface area contributed by atoms with Crippen LogP contribution in [0.25, 0.3) is 22.2 Å². The molecule has 2 bridgehead atoms. The maximum Gasteiger partial charge on any atom is 0.406 e. The molecule has 2 aliphatic heterocycles. The highest BCUT2D eigenvalue weighted by Gasteiger charge is 2.45. The Morgan fingerprint density at radius 3 is 2.67 bits per heavy atom. The van der Waals surface area contributed by atoms with Crippen molar-refractivity contribution >= 4 is 16.7 Å². The Hall–Kier alpha value is -3.28. The fourth-order valence-electron chi connectivity index (χ4n) is 5.48. The van der Waals surface area contributed by atoms with Gasteiger partial charge in [-0.05, 0) is 50.6 Å². The number of phenolic OH excluding ortho intramolecular Hbond substituents is 1. The van der Waals surface area contributed by atoms with E-state index in [0.29, 0.717) is 22.8 Å². The van der Waals surface area contributed by atoms with E-state index in [0.717, 1.165) is 31.7 Å². The number of halogens is 4. The van der Waals surface area contributed by atoms with Crippen LogP contribution in [-0.4, -0.2) is 74.3 Å². The molecule has 2 fully saturated rings. The predicted octanol–water partition coefficient (Wildman–Crippen LogP) is 3.52.